The van der Waals surface area contributed by atoms with Gasteiger partial charge in [0.1, 0.15) is 0 Å². The first-order chi connectivity index (χ1) is 24.6. The number of imidazole rings is 2. The Bertz CT molecular complexity index is 1760. The highest BCUT2D eigenvalue weighted by Crippen LogP contribution is 2.13. The molecule has 4 rings (SSSR count). The minimum absolute atomic E-state index is 0.151. The highest BCUT2D eigenvalue weighted by molar-refractivity contribution is 7.98. The van der Waals surface area contributed by atoms with Crippen LogP contribution in [0.3, 0.4) is 0 Å². The van der Waals surface area contributed by atoms with E-state index >= 15 is 0 Å². The van der Waals surface area contributed by atoms with Crippen molar-refractivity contribution in [1.29, 1.82) is 0 Å². The van der Waals surface area contributed by atoms with Crippen LogP contribution in [0.2, 0.25) is 0 Å². The van der Waals surface area contributed by atoms with E-state index in [1.54, 1.807) is 84.7 Å². The number of thioether (sulfide) groups is 2. The molecular weight excluding hydrogens is 729 g/mol. The van der Waals surface area contributed by atoms with Crippen LogP contribution in [0.5, 0.6) is 0 Å². The highest BCUT2D eigenvalue weighted by Gasteiger charge is 2.16. The summed E-state index contributed by atoms with van der Waals surface area (Å²) >= 11 is 3.35. The van der Waals surface area contributed by atoms with E-state index in [9.17, 15) is 16.8 Å². The zero-order chi connectivity index (χ0) is 36.4. The van der Waals surface area contributed by atoms with E-state index in [1.807, 2.05) is 26.0 Å². The van der Waals surface area contributed by atoms with E-state index in [4.69, 9.17) is 0 Å². The number of rotatable bonds is 20. The molecule has 0 saturated heterocycles. The van der Waals surface area contributed by atoms with Crippen molar-refractivity contribution in [3.63, 3.8) is 0 Å². The number of guanidine groups is 2. The van der Waals surface area contributed by atoms with Crippen LogP contribution in [-0.4, -0.2) is 86.4 Å². The van der Waals surface area contributed by atoms with Crippen molar-refractivity contribution in [3.8, 4) is 0 Å². The molecule has 0 atom stereocenters. The standard InChI is InChI=1S/C33H46N10O4S4/c1-26-30(40-24-38-26)20-48-18-16-36-32(42-50(44,45)22-28-10-5-3-6-11-28)34-14-9-15-35-33(37-17-19-49-21-31-27(2)39-25-41-31)43-51(46,47)23-29-12-7-4-8-13-29/h3-8,10-13,24-25H,9,14-23H2,1-2H3,(H,38,40)(H,39,41)(H2,34,36,42)(H2,35,37,43). The van der Waals surface area contributed by atoms with Crippen molar-refractivity contribution in [1.82, 2.24) is 40.0 Å². The zero-order valence-corrected chi connectivity index (χ0v) is 32.0. The number of benzene rings is 2. The van der Waals surface area contributed by atoms with Crippen molar-refractivity contribution in [2.45, 2.75) is 43.3 Å². The van der Waals surface area contributed by atoms with Crippen LogP contribution in [0.1, 0.15) is 40.3 Å². The smallest absolute Gasteiger partial charge is 0.239 e. The molecule has 0 saturated carbocycles. The van der Waals surface area contributed by atoms with Gasteiger partial charge in [-0.25, -0.2) is 26.8 Å². The summed E-state index contributed by atoms with van der Waals surface area (Å²) in [6.07, 6.45) is 3.78. The number of aliphatic imine (C=N–C) groups is 2. The second kappa shape index (κ2) is 20.8. The van der Waals surface area contributed by atoms with E-state index in [-0.39, 0.29) is 36.5 Å². The van der Waals surface area contributed by atoms with Gasteiger partial charge in [0.25, 0.3) is 0 Å². The molecule has 0 amide bonds. The zero-order valence-electron chi connectivity index (χ0n) is 28.8. The van der Waals surface area contributed by atoms with Gasteiger partial charge in [-0.2, -0.15) is 23.5 Å². The summed E-state index contributed by atoms with van der Waals surface area (Å²) in [6, 6.07) is 17.9. The Balaban J connectivity index is 1.34. The second-order valence-corrected chi connectivity index (χ2v) is 17.1. The van der Waals surface area contributed by atoms with Crippen molar-refractivity contribution < 1.29 is 16.8 Å². The quantitative estimate of drug-likeness (QED) is 0.0440. The first-order valence-electron chi connectivity index (χ1n) is 16.4. The predicted molar refractivity (Wildman–Crippen MR) is 209 cm³/mol. The summed E-state index contributed by atoms with van der Waals surface area (Å²) in [5.74, 6) is 2.79. The van der Waals surface area contributed by atoms with Crippen LogP contribution in [0.15, 0.2) is 83.3 Å². The Hall–Kier alpha value is -4.00. The predicted octanol–water partition coefficient (Wildman–Crippen LogP) is 3.44. The molecule has 14 nitrogen and oxygen atoms in total. The minimum atomic E-state index is -3.74. The van der Waals surface area contributed by atoms with E-state index in [0.29, 0.717) is 42.1 Å². The molecule has 51 heavy (non-hydrogen) atoms. The SMILES string of the molecule is Cc1[nH]cnc1CSCCNC(=NCCCN=C(NCCSCc1nc[nH]c1C)NS(=O)(=O)Cc1ccccc1)NS(=O)(=O)Cc1ccccc1. The molecule has 18 heteroatoms. The van der Waals surface area contributed by atoms with Crippen molar-refractivity contribution in [2.24, 2.45) is 9.98 Å². The van der Waals surface area contributed by atoms with Gasteiger partial charge >= 0.3 is 0 Å². The molecule has 0 aliphatic rings. The number of sulfonamides is 2. The third-order valence-corrected chi connectivity index (χ3v) is 11.6. The van der Waals surface area contributed by atoms with Crippen molar-refractivity contribution in [2.75, 3.05) is 37.7 Å². The number of aromatic nitrogens is 4. The second-order valence-electron chi connectivity index (χ2n) is 11.4. The summed E-state index contributed by atoms with van der Waals surface area (Å²) in [6.45, 7) is 5.41. The van der Waals surface area contributed by atoms with E-state index < -0.39 is 20.0 Å². The molecule has 0 radical (unpaired) electrons. The van der Waals surface area contributed by atoms with Crippen LogP contribution in [0.4, 0.5) is 0 Å². The van der Waals surface area contributed by atoms with Crippen molar-refractivity contribution >= 4 is 55.5 Å². The van der Waals surface area contributed by atoms with Gasteiger partial charge in [0.05, 0.1) is 35.5 Å². The lowest BCUT2D eigenvalue weighted by molar-refractivity contribution is 0.588. The van der Waals surface area contributed by atoms with Crippen LogP contribution < -0.4 is 20.1 Å². The van der Waals surface area contributed by atoms with Gasteiger partial charge in [-0.3, -0.25) is 19.4 Å². The Labute approximate surface area is 309 Å². The van der Waals surface area contributed by atoms with Crippen LogP contribution >= 0.6 is 23.5 Å². The number of aromatic amines is 2. The minimum Gasteiger partial charge on any atom is -0.355 e. The van der Waals surface area contributed by atoms with Gasteiger partial charge in [-0.05, 0) is 31.4 Å². The van der Waals surface area contributed by atoms with E-state index in [0.717, 1.165) is 34.3 Å². The van der Waals surface area contributed by atoms with Crippen LogP contribution in [0, 0.1) is 13.8 Å². The fourth-order valence-corrected chi connectivity index (χ4v) is 8.56. The fourth-order valence-electron chi connectivity index (χ4n) is 4.54. The molecule has 0 fully saturated rings. The molecule has 0 aliphatic heterocycles. The van der Waals surface area contributed by atoms with E-state index in [2.05, 4.69) is 50.0 Å². The molecule has 276 valence electrons. The molecule has 2 aromatic carbocycles. The topological polar surface area (TPSA) is 198 Å². The summed E-state index contributed by atoms with van der Waals surface area (Å²) in [4.78, 5) is 23.8. The van der Waals surface area contributed by atoms with Crippen molar-refractivity contribution in [3.05, 3.63) is 107 Å². The first kappa shape index (κ1) is 39.8. The molecular formula is C33H46N10O4S4. The van der Waals surface area contributed by atoms with Gasteiger partial charge in [0, 0.05) is 60.6 Å². The third kappa shape index (κ3) is 15.4. The molecule has 0 bridgehead atoms. The summed E-state index contributed by atoms with van der Waals surface area (Å²) in [5, 5.41) is 6.25. The fraction of sp³-hybridized carbons (Fsp3) is 0.394. The normalized spacial score (nSPS) is 12.5. The molecule has 2 aromatic heterocycles. The Kier molecular flexibility index (Phi) is 16.2. The van der Waals surface area contributed by atoms with Gasteiger partial charge in [0.2, 0.25) is 32.0 Å². The van der Waals surface area contributed by atoms with Crippen LogP contribution in [-0.2, 0) is 43.1 Å². The first-order valence-corrected chi connectivity index (χ1v) is 22.0. The average molecular weight is 775 g/mol. The van der Waals surface area contributed by atoms with E-state index in [1.165, 1.54) is 0 Å². The third-order valence-electron chi connectivity index (χ3n) is 7.18. The number of nitrogens with one attached hydrogen (secondary N) is 6. The lowest BCUT2D eigenvalue weighted by Gasteiger charge is -2.14. The lowest BCUT2D eigenvalue weighted by Crippen LogP contribution is -2.42. The molecule has 6 N–H and O–H groups in total. The molecule has 4 aromatic rings. The Morgan fingerprint density at radius 2 is 1.08 bits per heavy atom. The maximum atomic E-state index is 13.0. The molecule has 0 spiro atoms. The summed E-state index contributed by atoms with van der Waals surface area (Å²) < 4.78 is 57.3. The average Bonchev–Trinajstić information content (AvgIpc) is 3.70. The summed E-state index contributed by atoms with van der Waals surface area (Å²) in [7, 11) is -7.48. The monoisotopic (exact) mass is 774 g/mol. The largest absolute Gasteiger partial charge is 0.355 e. The number of H-pyrrole nitrogens is 2. The Morgan fingerprint density at radius 3 is 1.45 bits per heavy atom. The number of hydrogen-bond donors (Lipinski definition) is 6. The van der Waals surface area contributed by atoms with Gasteiger partial charge in [-0.15, -0.1) is 0 Å². The number of nitrogens with zero attached hydrogens (tertiary/aromatic N) is 4. The van der Waals surface area contributed by atoms with Gasteiger partial charge in [0.15, 0.2) is 0 Å². The lowest BCUT2D eigenvalue weighted by atomic mass is 10.2. The summed E-state index contributed by atoms with van der Waals surface area (Å²) in [5.41, 5.74) is 5.33. The molecule has 2 heterocycles. The van der Waals surface area contributed by atoms with Gasteiger partial charge < -0.3 is 20.6 Å². The number of aryl methyl sites for hydroxylation is 2. The highest BCUT2D eigenvalue weighted by atomic mass is 32.2. The maximum absolute atomic E-state index is 13.0. The molecule has 0 unspecified atom stereocenters. The molecule has 0 aliphatic carbocycles. The Morgan fingerprint density at radius 1 is 0.667 bits per heavy atom. The number of hydrogen-bond acceptors (Lipinski definition) is 10. The van der Waals surface area contributed by atoms with Gasteiger partial charge in [-0.1, -0.05) is 60.7 Å². The maximum Gasteiger partial charge on any atom is 0.239 e. The van der Waals surface area contributed by atoms with Crippen LogP contribution in [0.25, 0.3) is 0 Å².